The van der Waals surface area contributed by atoms with Crippen LogP contribution in [0, 0.1) is 20.8 Å². The van der Waals surface area contributed by atoms with Crippen LogP contribution in [0.4, 0.5) is 0 Å². The molecule has 0 aliphatic rings. The number of rotatable bonds is 3. The molecule has 0 saturated heterocycles. The maximum absolute atomic E-state index is 12.3. The van der Waals surface area contributed by atoms with Crippen LogP contribution in [0.15, 0.2) is 4.79 Å². The van der Waals surface area contributed by atoms with Gasteiger partial charge in [-0.3, -0.25) is 14.2 Å². The highest BCUT2D eigenvalue weighted by Gasteiger charge is 2.14. The van der Waals surface area contributed by atoms with Crippen molar-refractivity contribution in [1.29, 1.82) is 0 Å². The van der Waals surface area contributed by atoms with E-state index in [0.29, 0.717) is 11.2 Å². The Hall–Kier alpha value is -1.69. The van der Waals surface area contributed by atoms with Crippen LogP contribution in [0.5, 0.6) is 0 Å². The predicted molar refractivity (Wildman–Crippen MR) is 70.3 cm³/mol. The molecule has 0 fully saturated rings. The molecule has 0 spiro atoms. The largest absolute Gasteiger partial charge is 0.481 e. The van der Waals surface area contributed by atoms with Gasteiger partial charge in [0, 0.05) is 11.4 Å². The van der Waals surface area contributed by atoms with Crippen LogP contribution in [-0.4, -0.2) is 20.6 Å². The molecule has 0 radical (unpaired) electrons. The summed E-state index contributed by atoms with van der Waals surface area (Å²) in [5.41, 5.74) is 0.803. The Labute approximate surface area is 108 Å². The van der Waals surface area contributed by atoms with Gasteiger partial charge in [0.05, 0.1) is 11.8 Å². The summed E-state index contributed by atoms with van der Waals surface area (Å²) < 4.78 is 1.44. The molecule has 1 N–H and O–H groups in total. The zero-order chi connectivity index (χ0) is 13.4. The third-order valence-electron chi connectivity index (χ3n) is 3.03. The van der Waals surface area contributed by atoms with Crippen molar-refractivity contribution < 1.29 is 9.90 Å². The van der Waals surface area contributed by atoms with Gasteiger partial charge in [-0.15, -0.1) is 11.3 Å². The van der Waals surface area contributed by atoms with E-state index in [0.717, 1.165) is 15.3 Å². The predicted octanol–water partition coefficient (Wildman–Crippen LogP) is 1.86. The maximum atomic E-state index is 12.3. The lowest BCUT2D eigenvalue weighted by atomic mass is 10.2. The molecule has 2 heterocycles. The number of carboxylic acids is 1. The number of nitrogens with zero attached hydrogens (tertiary/aromatic N) is 2. The lowest BCUT2D eigenvalue weighted by Crippen LogP contribution is -2.25. The standard InChI is InChI=1S/C12H14N2O3S/c1-6-7(2)18-11-10(6)12(17)14(8(3)13-11)5-4-9(15)16/h4-5H2,1-3H3,(H,15,16). The Kier molecular flexibility index (Phi) is 3.21. The van der Waals surface area contributed by atoms with Gasteiger partial charge in [0.1, 0.15) is 10.7 Å². The summed E-state index contributed by atoms with van der Waals surface area (Å²) in [5.74, 6) is -0.352. The summed E-state index contributed by atoms with van der Waals surface area (Å²) in [4.78, 5) is 29.1. The fourth-order valence-corrected chi connectivity index (χ4v) is 2.97. The molecule has 0 aliphatic heterocycles. The highest BCUT2D eigenvalue weighted by molar-refractivity contribution is 7.18. The first-order chi connectivity index (χ1) is 8.41. The van der Waals surface area contributed by atoms with Gasteiger partial charge in [-0.25, -0.2) is 4.98 Å². The lowest BCUT2D eigenvalue weighted by Gasteiger charge is -2.07. The summed E-state index contributed by atoms with van der Waals surface area (Å²) in [5, 5.41) is 9.31. The van der Waals surface area contributed by atoms with Crippen LogP contribution < -0.4 is 5.56 Å². The van der Waals surface area contributed by atoms with E-state index >= 15 is 0 Å². The SMILES string of the molecule is Cc1sc2nc(C)n(CCC(=O)O)c(=O)c2c1C. The van der Waals surface area contributed by atoms with Gasteiger partial charge in [0.2, 0.25) is 0 Å². The Morgan fingerprint density at radius 3 is 2.67 bits per heavy atom. The molecule has 0 aliphatic carbocycles. The molecule has 0 unspecified atom stereocenters. The molecule has 2 rings (SSSR count). The van der Waals surface area contributed by atoms with E-state index in [4.69, 9.17) is 5.11 Å². The van der Waals surface area contributed by atoms with E-state index in [-0.39, 0.29) is 18.5 Å². The molecule has 6 heteroatoms. The Bertz CT molecular complexity index is 685. The summed E-state index contributed by atoms with van der Waals surface area (Å²) in [6.07, 6.45) is -0.0733. The van der Waals surface area contributed by atoms with E-state index in [1.165, 1.54) is 15.9 Å². The second kappa shape index (κ2) is 4.53. The average molecular weight is 266 g/mol. The van der Waals surface area contributed by atoms with Gasteiger partial charge < -0.3 is 5.11 Å². The monoisotopic (exact) mass is 266 g/mol. The lowest BCUT2D eigenvalue weighted by molar-refractivity contribution is -0.137. The van der Waals surface area contributed by atoms with Gasteiger partial charge in [0.25, 0.3) is 5.56 Å². The molecule has 0 amide bonds. The number of aromatic nitrogens is 2. The minimum absolute atomic E-state index is 0.0733. The number of thiophene rings is 1. The van der Waals surface area contributed by atoms with Crippen molar-refractivity contribution in [2.75, 3.05) is 0 Å². The molecular weight excluding hydrogens is 252 g/mol. The van der Waals surface area contributed by atoms with E-state index < -0.39 is 5.97 Å². The minimum atomic E-state index is -0.917. The normalized spacial score (nSPS) is 11.1. The third kappa shape index (κ3) is 2.03. The number of carbonyl (C=O) groups is 1. The summed E-state index contributed by atoms with van der Waals surface area (Å²) in [6.45, 7) is 5.75. The van der Waals surface area contributed by atoms with Crippen molar-refractivity contribution in [1.82, 2.24) is 9.55 Å². The molecule has 96 valence electrons. The van der Waals surface area contributed by atoms with Crippen molar-refractivity contribution in [3.63, 3.8) is 0 Å². The van der Waals surface area contributed by atoms with Crippen molar-refractivity contribution in [2.45, 2.75) is 33.7 Å². The van der Waals surface area contributed by atoms with Gasteiger partial charge in [-0.1, -0.05) is 0 Å². The number of hydrogen-bond donors (Lipinski definition) is 1. The zero-order valence-electron chi connectivity index (χ0n) is 10.5. The van der Waals surface area contributed by atoms with E-state index in [1.54, 1.807) is 6.92 Å². The zero-order valence-corrected chi connectivity index (χ0v) is 11.3. The van der Waals surface area contributed by atoms with E-state index in [2.05, 4.69) is 4.98 Å². The first-order valence-electron chi connectivity index (χ1n) is 5.60. The number of hydrogen-bond acceptors (Lipinski definition) is 4. The summed E-state index contributed by atoms with van der Waals surface area (Å²) >= 11 is 1.50. The fraction of sp³-hybridized carbons (Fsp3) is 0.417. The van der Waals surface area contributed by atoms with Gasteiger partial charge in [-0.05, 0) is 26.3 Å². The molecule has 2 aromatic rings. The molecule has 18 heavy (non-hydrogen) atoms. The number of aliphatic carboxylic acids is 1. The minimum Gasteiger partial charge on any atom is -0.481 e. The van der Waals surface area contributed by atoms with Crippen LogP contribution in [0.25, 0.3) is 10.2 Å². The Morgan fingerprint density at radius 1 is 1.39 bits per heavy atom. The molecule has 0 atom stereocenters. The molecule has 0 aromatic carbocycles. The topological polar surface area (TPSA) is 72.2 Å². The first-order valence-corrected chi connectivity index (χ1v) is 6.42. The van der Waals surface area contributed by atoms with Crippen molar-refractivity contribution in [3.8, 4) is 0 Å². The Balaban J connectivity index is 2.64. The van der Waals surface area contributed by atoms with Gasteiger partial charge >= 0.3 is 5.97 Å². The van der Waals surface area contributed by atoms with Crippen LogP contribution in [-0.2, 0) is 11.3 Å². The number of fused-ring (bicyclic) bond motifs is 1. The van der Waals surface area contributed by atoms with Crippen LogP contribution in [0.1, 0.15) is 22.7 Å². The molecule has 0 bridgehead atoms. The quantitative estimate of drug-likeness (QED) is 0.920. The molecule has 2 aromatic heterocycles. The summed E-state index contributed by atoms with van der Waals surface area (Å²) in [7, 11) is 0. The molecule has 0 saturated carbocycles. The smallest absolute Gasteiger partial charge is 0.305 e. The van der Waals surface area contributed by atoms with Gasteiger partial charge in [0.15, 0.2) is 0 Å². The van der Waals surface area contributed by atoms with Crippen LogP contribution >= 0.6 is 11.3 Å². The molecule has 5 nitrogen and oxygen atoms in total. The fourth-order valence-electron chi connectivity index (χ4n) is 1.90. The van der Waals surface area contributed by atoms with Crippen LogP contribution in [0.3, 0.4) is 0 Å². The Morgan fingerprint density at radius 2 is 2.06 bits per heavy atom. The van der Waals surface area contributed by atoms with Gasteiger partial charge in [-0.2, -0.15) is 0 Å². The maximum Gasteiger partial charge on any atom is 0.305 e. The van der Waals surface area contributed by atoms with Crippen molar-refractivity contribution in [2.24, 2.45) is 0 Å². The number of carboxylic acid groups (broad SMARTS) is 1. The van der Waals surface area contributed by atoms with E-state index in [1.807, 2.05) is 13.8 Å². The van der Waals surface area contributed by atoms with Crippen molar-refractivity contribution in [3.05, 3.63) is 26.6 Å². The second-order valence-electron chi connectivity index (χ2n) is 4.22. The highest BCUT2D eigenvalue weighted by atomic mass is 32.1. The number of aryl methyl sites for hydroxylation is 3. The third-order valence-corrected chi connectivity index (χ3v) is 4.13. The average Bonchev–Trinajstić information content (AvgIpc) is 2.53. The summed E-state index contributed by atoms with van der Waals surface area (Å²) in [6, 6.07) is 0. The first kappa shape index (κ1) is 12.8. The highest BCUT2D eigenvalue weighted by Crippen LogP contribution is 2.26. The van der Waals surface area contributed by atoms with Crippen molar-refractivity contribution >= 4 is 27.5 Å². The van der Waals surface area contributed by atoms with Crippen LogP contribution in [0.2, 0.25) is 0 Å². The molecular formula is C12H14N2O3S. The second-order valence-corrected chi connectivity index (χ2v) is 5.43. The van der Waals surface area contributed by atoms with E-state index in [9.17, 15) is 9.59 Å².